The van der Waals surface area contributed by atoms with E-state index >= 15 is 0 Å². The number of nitrogen functional groups attached to an aromatic ring is 4. The molecular weight excluding hydrogens is 1640 g/mol. The molecule has 0 radical (unpaired) electrons. The third-order valence-electron chi connectivity index (χ3n) is 15.7. The number of nitrogens with two attached hydrogens (primary N) is 8. The molecule has 49 heteroatoms. The first-order chi connectivity index (χ1) is 56.3. The number of thiazole rings is 1. The van der Waals surface area contributed by atoms with Crippen LogP contribution in [0.5, 0.6) is 5.75 Å². The number of ether oxygens (including phenoxy) is 1. The number of nitrogens with one attached hydrogen (secondary N) is 6. The Morgan fingerprint density at radius 3 is 1.28 bits per heavy atom. The molecule has 0 aliphatic rings. The lowest BCUT2D eigenvalue weighted by atomic mass is 10.2. The van der Waals surface area contributed by atoms with Gasteiger partial charge >= 0.3 is 0 Å². The number of primary sulfonamides is 4. The summed E-state index contributed by atoms with van der Waals surface area (Å²) >= 11 is 2.90. The van der Waals surface area contributed by atoms with Gasteiger partial charge in [0.1, 0.15) is 35.3 Å². The first kappa shape index (κ1) is 83.4. The van der Waals surface area contributed by atoms with Gasteiger partial charge in [-0.15, -0.1) is 40.8 Å². The smallest absolute Gasteiger partial charge is 0.248 e. The highest BCUT2D eigenvalue weighted by atomic mass is 32.2. The number of nitrogens with zero attached hydrogens (tertiary/aromatic N) is 20. The third kappa shape index (κ3) is 22.7. The van der Waals surface area contributed by atoms with Crippen molar-refractivity contribution in [1.29, 1.82) is 0 Å². The fraction of sp³-hybridized carbons (Fsp3) is 0.0870. The Bertz CT molecular complexity index is 6440. The normalized spacial score (nSPS) is 11.5. The number of sulfonamides is 4. The van der Waals surface area contributed by atoms with Crippen molar-refractivity contribution in [3.8, 4) is 28.3 Å². The van der Waals surface area contributed by atoms with Crippen LogP contribution >= 0.6 is 23.1 Å². The average molecular weight is 1710 g/mol. The van der Waals surface area contributed by atoms with Crippen molar-refractivity contribution in [2.45, 2.75) is 36.0 Å². The number of hydrogen-bond acceptors (Lipinski definition) is 37. The molecule has 43 nitrogen and oxygen atoms in total. The highest BCUT2D eigenvalue weighted by Crippen LogP contribution is 2.32. The molecule has 0 fully saturated rings. The van der Waals surface area contributed by atoms with Gasteiger partial charge in [0, 0.05) is 53.8 Å². The molecule has 0 aliphatic carbocycles. The molecule has 0 aliphatic heterocycles. The molecule has 0 atom stereocenters. The number of hydrogen-bond donors (Lipinski definition) is 14. The zero-order valence-corrected chi connectivity index (χ0v) is 66.9. The topological polar surface area (TPSA) is 642 Å². The maximum Gasteiger partial charge on any atom is 0.248 e. The summed E-state index contributed by atoms with van der Waals surface area (Å²) in [5.74, 6) is 4.68. The molecule has 0 saturated carbocycles. The van der Waals surface area contributed by atoms with Crippen molar-refractivity contribution >= 4 is 155 Å². The minimum Gasteiger partial charge on any atom is -0.492 e. The Morgan fingerprint density at radius 1 is 0.441 bits per heavy atom. The highest BCUT2D eigenvalue weighted by molar-refractivity contribution is 7.99. The second-order valence-electron chi connectivity index (χ2n) is 24.6. The summed E-state index contributed by atoms with van der Waals surface area (Å²) in [6, 6.07) is 57.6. The fourth-order valence-corrected chi connectivity index (χ4v) is 13.8. The van der Waals surface area contributed by atoms with Gasteiger partial charge < -0.3 is 64.5 Å². The summed E-state index contributed by atoms with van der Waals surface area (Å²) in [7, 11) is -9.29. The number of anilines is 14. The van der Waals surface area contributed by atoms with Gasteiger partial charge in [0.25, 0.3) is 0 Å². The van der Waals surface area contributed by atoms with Crippen molar-refractivity contribution in [2.24, 2.45) is 20.6 Å². The molecule has 0 spiro atoms. The zero-order chi connectivity index (χ0) is 83.9. The SMILES string of the molecule is CN(C)CCOc1ccc2nc(-n3nc(Nc4ccc(S(N)(=O)=O)cc4)nc3N)sc2c1.CNc1ccc(-n2nc(Nc3ccc(S(N)(=O)=O)cc3)nc2N)nn1.Nc1nc(Nc2ccc(S(N)(=O)=O)cc2)nn1-c1cc(NCc2ccccc2)ncn1.Nc1nc(Nc2ccc(S(N)(=O)=O)cc2)nn1-c1ccc(Sc2ccccc2)nn1. The highest BCUT2D eigenvalue weighted by Gasteiger charge is 2.20. The van der Waals surface area contributed by atoms with Gasteiger partial charge in [-0.3, -0.25) is 0 Å². The van der Waals surface area contributed by atoms with Crippen LogP contribution in [0.4, 0.5) is 82.0 Å². The Kier molecular flexibility index (Phi) is 25.9. The maximum atomic E-state index is 11.4. The van der Waals surface area contributed by atoms with Gasteiger partial charge in [-0.05, 0) is 171 Å². The van der Waals surface area contributed by atoms with Gasteiger partial charge in [0.15, 0.2) is 17.5 Å². The summed E-state index contributed by atoms with van der Waals surface area (Å²) in [6.07, 6.45) is 1.41. The van der Waals surface area contributed by atoms with E-state index in [1.165, 1.54) is 109 Å². The number of aromatic nitrogens is 19. The summed E-state index contributed by atoms with van der Waals surface area (Å²) in [5.41, 5.74) is 28.0. The van der Waals surface area contributed by atoms with E-state index < -0.39 is 40.1 Å². The second kappa shape index (κ2) is 36.6. The molecule has 0 bridgehead atoms. The Hall–Kier alpha value is -14.0. The summed E-state index contributed by atoms with van der Waals surface area (Å²) in [6.45, 7) is 2.01. The van der Waals surface area contributed by atoms with Crippen LogP contribution in [0.1, 0.15) is 5.56 Å². The van der Waals surface area contributed by atoms with Crippen molar-refractivity contribution in [2.75, 3.05) is 89.1 Å². The molecule has 118 heavy (non-hydrogen) atoms. The average Bonchev–Trinajstić information content (AvgIpc) is 1.63. The van der Waals surface area contributed by atoms with Gasteiger partial charge in [-0.2, -0.15) is 38.7 Å². The van der Waals surface area contributed by atoms with Crippen LogP contribution in [0.3, 0.4) is 0 Å². The summed E-state index contributed by atoms with van der Waals surface area (Å²) in [4.78, 5) is 32.8. The van der Waals surface area contributed by atoms with Gasteiger partial charge in [0.05, 0.1) is 29.8 Å². The van der Waals surface area contributed by atoms with Crippen molar-refractivity contribution in [3.05, 3.63) is 218 Å². The molecule has 0 unspecified atom stereocenters. The molecule has 0 saturated heterocycles. The van der Waals surface area contributed by atoms with E-state index in [-0.39, 0.29) is 67.2 Å². The Balaban J connectivity index is 0.000000145. The molecule has 15 aromatic rings. The molecule has 608 valence electrons. The van der Waals surface area contributed by atoms with Crippen LogP contribution in [0.25, 0.3) is 32.8 Å². The van der Waals surface area contributed by atoms with Gasteiger partial charge in [-0.25, -0.2) is 69.2 Å². The lowest BCUT2D eigenvalue weighted by Crippen LogP contribution is -2.19. The maximum absolute atomic E-state index is 11.4. The first-order valence-electron chi connectivity index (χ1n) is 34.2. The first-order valence-corrected chi connectivity index (χ1v) is 42.0. The zero-order valence-electron chi connectivity index (χ0n) is 62.0. The standard InChI is InChI=1S/C19H19N9O2S.C19H22N8O3S2.C18H16N8O2S2.C13H15N9O2S/c20-18-26-19(25-14-6-8-15(9-7-14)31(21,29)30)27-28(18)17-10-16(23-12-24-17)22-11-13-4-2-1-3-5-13;1-26(2)9-10-30-13-5-8-15-16(11-13)31-19(23-15)27-17(20)24-18(25-27)22-12-3-6-14(7-4-12)32(21,28)29;19-17-22-18(21-12-6-8-14(9-7-12)30(20,27)28)25-26(17)15-10-11-16(24-23-15)29-13-4-2-1-3-5-13;1-16-10-6-7-11(20-19-10)22-12(14)18-13(21-22)17-8-2-4-9(5-3-8)25(15,23)24/h1-10,12H,11H2,(H2,21,29,30)(H,22,23,24)(H3,20,25,26,27);3-8,11H,9-10H2,1-2H3,(H2,21,28,29)(H3,20,22,24,25);1-11H,(H2,20,27,28)(H3,19,21,22,25);2-7H,1H3,(H,16,19)(H2,15,23,24)(H3,14,17,18,21). The van der Waals surface area contributed by atoms with Crippen LogP contribution in [0.15, 0.2) is 242 Å². The monoisotopic (exact) mass is 1710 g/mol. The van der Waals surface area contributed by atoms with E-state index in [4.69, 9.17) is 48.2 Å². The number of likely N-dealkylation sites (N-methyl/N-ethyl adjacent to an activating group) is 1. The van der Waals surface area contributed by atoms with E-state index in [1.807, 2.05) is 99.0 Å². The predicted octanol–water partition coefficient (Wildman–Crippen LogP) is 5.69. The quantitative estimate of drug-likeness (QED) is 0.0310. The summed E-state index contributed by atoms with van der Waals surface area (Å²) < 4.78 is 103. The lowest BCUT2D eigenvalue weighted by molar-refractivity contribution is 0.261. The number of fused-ring (bicyclic) bond motifs is 1. The van der Waals surface area contributed by atoms with Crippen LogP contribution in [-0.4, -0.2) is 167 Å². The van der Waals surface area contributed by atoms with Crippen LogP contribution < -0.4 is 80.1 Å². The molecule has 7 aromatic carbocycles. The molecule has 0 amide bonds. The minimum atomic E-state index is -3.76. The van der Waals surface area contributed by atoms with E-state index in [2.05, 4.69) is 112 Å². The van der Waals surface area contributed by atoms with Crippen molar-refractivity contribution in [1.82, 2.24) is 99.3 Å². The molecule has 8 heterocycles. The Labute approximate surface area is 681 Å². The second-order valence-corrected chi connectivity index (χ2v) is 33.0. The van der Waals surface area contributed by atoms with Gasteiger partial charge in [0.2, 0.25) is 92.8 Å². The molecule has 15 rings (SSSR count). The van der Waals surface area contributed by atoms with Crippen molar-refractivity contribution < 1.29 is 38.4 Å². The molecular formula is C69H72N34O9S6. The number of rotatable bonds is 26. The fourth-order valence-electron chi connectivity index (χ4n) is 10.0. The van der Waals surface area contributed by atoms with Crippen molar-refractivity contribution in [3.63, 3.8) is 0 Å². The lowest BCUT2D eigenvalue weighted by Gasteiger charge is -2.10. The van der Waals surface area contributed by atoms with Crippen LogP contribution in [0.2, 0.25) is 0 Å². The summed E-state index contributed by atoms with van der Waals surface area (Å²) in [5, 5.41) is 73.0. The third-order valence-corrected chi connectivity index (χ3v) is 21.4. The minimum absolute atomic E-state index is 0.00701. The van der Waals surface area contributed by atoms with Gasteiger partial charge in [-0.1, -0.05) is 71.6 Å². The molecule has 22 N–H and O–H groups in total. The largest absolute Gasteiger partial charge is 0.492 e. The Morgan fingerprint density at radius 2 is 0.864 bits per heavy atom. The van der Waals surface area contributed by atoms with Crippen LogP contribution in [0, 0.1) is 0 Å². The molecule has 8 aromatic heterocycles. The van der Waals surface area contributed by atoms with E-state index in [0.29, 0.717) is 70.1 Å². The number of benzene rings is 7. The van der Waals surface area contributed by atoms with E-state index in [9.17, 15) is 33.7 Å². The predicted molar refractivity (Wildman–Crippen MR) is 445 cm³/mol. The van der Waals surface area contributed by atoms with Crippen LogP contribution in [-0.2, 0) is 46.6 Å². The van der Waals surface area contributed by atoms with E-state index in [0.717, 1.165) is 38.0 Å². The van der Waals surface area contributed by atoms with E-state index in [1.54, 1.807) is 67.7 Å².